The maximum Gasteiger partial charge on any atom is 0.110 e. The highest BCUT2D eigenvalue weighted by Gasteiger charge is 2.06. The predicted octanol–water partition coefficient (Wildman–Crippen LogP) is 1.90. The average molecular weight is 190 g/mol. The molecule has 0 amide bonds. The summed E-state index contributed by atoms with van der Waals surface area (Å²) in [7, 11) is 0. The second kappa shape index (κ2) is 4.67. The van der Waals surface area contributed by atoms with Gasteiger partial charge in [-0.15, -0.1) is 17.8 Å². The number of thiophene rings is 1. The Morgan fingerprint density at radius 2 is 2.46 bits per heavy atom. The van der Waals surface area contributed by atoms with Crippen molar-refractivity contribution < 1.29 is 0 Å². The molecule has 3 heteroatoms. The van der Waals surface area contributed by atoms with Crippen LogP contribution in [0.15, 0.2) is 12.1 Å². The molecule has 1 aromatic heterocycles. The Morgan fingerprint density at radius 1 is 1.69 bits per heavy atom. The number of hydrogen-bond donors (Lipinski definition) is 1. The van der Waals surface area contributed by atoms with Gasteiger partial charge in [0.15, 0.2) is 0 Å². The second-order valence-electron chi connectivity index (χ2n) is 2.62. The third-order valence-electron chi connectivity index (χ3n) is 1.67. The SMILES string of the molecule is C#CCNC(C)c1ccc(C#N)s1. The van der Waals surface area contributed by atoms with Gasteiger partial charge in [-0.25, -0.2) is 0 Å². The summed E-state index contributed by atoms with van der Waals surface area (Å²) < 4.78 is 0. The zero-order chi connectivity index (χ0) is 9.68. The van der Waals surface area contributed by atoms with Crippen LogP contribution in [0.2, 0.25) is 0 Å². The van der Waals surface area contributed by atoms with Crippen LogP contribution in [-0.2, 0) is 0 Å². The third kappa shape index (κ3) is 2.59. The normalized spacial score (nSPS) is 11.6. The van der Waals surface area contributed by atoms with E-state index in [0.717, 1.165) is 9.75 Å². The van der Waals surface area contributed by atoms with Crippen LogP contribution in [0.1, 0.15) is 22.7 Å². The minimum absolute atomic E-state index is 0.225. The Balaban J connectivity index is 2.62. The molecule has 0 saturated carbocycles. The lowest BCUT2D eigenvalue weighted by molar-refractivity contribution is 0.633. The van der Waals surface area contributed by atoms with E-state index in [9.17, 15) is 0 Å². The van der Waals surface area contributed by atoms with Crippen molar-refractivity contribution in [3.8, 4) is 18.4 Å². The Bertz CT molecular complexity index is 354. The Labute approximate surface area is 82.2 Å². The topological polar surface area (TPSA) is 35.8 Å². The molecule has 1 unspecified atom stereocenters. The predicted molar refractivity (Wildman–Crippen MR) is 54.3 cm³/mol. The molecule has 0 saturated heterocycles. The molecule has 1 atom stereocenters. The standard InChI is InChI=1S/C10H10N2S/c1-3-6-12-8(2)10-5-4-9(7-11)13-10/h1,4-5,8,12H,6H2,2H3. The molecule has 66 valence electrons. The highest BCUT2D eigenvalue weighted by atomic mass is 32.1. The van der Waals surface area contributed by atoms with Crippen molar-refractivity contribution in [1.29, 1.82) is 5.26 Å². The lowest BCUT2D eigenvalue weighted by atomic mass is 10.3. The van der Waals surface area contributed by atoms with Gasteiger partial charge >= 0.3 is 0 Å². The summed E-state index contributed by atoms with van der Waals surface area (Å²) in [5.41, 5.74) is 0. The van der Waals surface area contributed by atoms with Crippen LogP contribution in [0.25, 0.3) is 0 Å². The van der Waals surface area contributed by atoms with E-state index in [4.69, 9.17) is 11.7 Å². The van der Waals surface area contributed by atoms with Crippen LogP contribution in [0.4, 0.5) is 0 Å². The number of terminal acetylenes is 1. The zero-order valence-electron chi connectivity index (χ0n) is 7.37. The lowest BCUT2D eigenvalue weighted by Crippen LogP contribution is -2.17. The van der Waals surface area contributed by atoms with Crippen molar-refractivity contribution in [1.82, 2.24) is 5.32 Å². The first-order valence-corrected chi connectivity index (χ1v) is 4.76. The van der Waals surface area contributed by atoms with Gasteiger partial charge in [0.1, 0.15) is 10.9 Å². The maximum absolute atomic E-state index is 8.62. The number of nitrogens with one attached hydrogen (secondary N) is 1. The highest BCUT2D eigenvalue weighted by molar-refractivity contribution is 7.12. The average Bonchev–Trinajstić information content (AvgIpc) is 2.62. The monoisotopic (exact) mass is 190 g/mol. The number of rotatable bonds is 3. The van der Waals surface area contributed by atoms with Crippen molar-refractivity contribution >= 4 is 11.3 Å². The fraction of sp³-hybridized carbons (Fsp3) is 0.300. The van der Waals surface area contributed by atoms with Crippen molar-refractivity contribution in [2.24, 2.45) is 0 Å². The largest absolute Gasteiger partial charge is 0.299 e. The fourth-order valence-corrected chi connectivity index (χ4v) is 1.79. The van der Waals surface area contributed by atoms with Crippen LogP contribution in [0, 0.1) is 23.7 Å². The molecular weight excluding hydrogens is 180 g/mol. The van der Waals surface area contributed by atoms with Gasteiger partial charge in [0, 0.05) is 10.9 Å². The van der Waals surface area contributed by atoms with E-state index in [-0.39, 0.29) is 6.04 Å². The molecule has 13 heavy (non-hydrogen) atoms. The van der Waals surface area contributed by atoms with Gasteiger partial charge in [0.05, 0.1) is 6.54 Å². The molecular formula is C10H10N2S. The molecule has 0 aromatic carbocycles. The number of hydrogen-bond acceptors (Lipinski definition) is 3. The van der Waals surface area contributed by atoms with E-state index in [0.29, 0.717) is 6.54 Å². The molecule has 1 aromatic rings. The Kier molecular flexibility index (Phi) is 3.52. The molecule has 2 nitrogen and oxygen atoms in total. The van der Waals surface area contributed by atoms with E-state index in [1.54, 1.807) is 0 Å². The Hall–Kier alpha value is -1.29. The molecule has 1 rings (SSSR count). The maximum atomic E-state index is 8.62. The van der Waals surface area contributed by atoms with Gasteiger partial charge in [-0.1, -0.05) is 5.92 Å². The number of nitrogens with zero attached hydrogens (tertiary/aromatic N) is 1. The van der Waals surface area contributed by atoms with Crippen molar-refractivity contribution in [2.45, 2.75) is 13.0 Å². The summed E-state index contributed by atoms with van der Waals surface area (Å²) in [5.74, 6) is 2.52. The number of nitriles is 1. The van der Waals surface area contributed by atoms with Crippen molar-refractivity contribution in [3.05, 3.63) is 21.9 Å². The van der Waals surface area contributed by atoms with Crippen LogP contribution < -0.4 is 5.32 Å². The molecule has 0 radical (unpaired) electrons. The minimum Gasteiger partial charge on any atom is -0.299 e. The quantitative estimate of drug-likeness (QED) is 0.739. The lowest BCUT2D eigenvalue weighted by Gasteiger charge is -2.08. The van der Waals surface area contributed by atoms with Gasteiger partial charge < -0.3 is 0 Å². The van der Waals surface area contributed by atoms with Crippen molar-refractivity contribution in [3.63, 3.8) is 0 Å². The van der Waals surface area contributed by atoms with Crippen LogP contribution in [-0.4, -0.2) is 6.54 Å². The second-order valence-corrected chi connectivity index (χ2v) is 3.74. The first-order valence-electron chi connectivity index (χ1n) is 3.94. The summed E-state index contributed by atoms with van der Waals surface area (Å²) in [4.78, 5) is 1.89. The van der Waals surface area contributed by atoms with E-state index in [2.05, 4.69) is 17.3 Å². The van der Waals surface area contributed by atoms with Gasteiger partial charge in [0.25, 0.3) is 0 Å². The van der Waals surface area contributed by atoms with Crippen LogP contribution >= 0.6 is 11.3 Å². The van der Waals surface area contributed by atoms with Gasteiger partial charge in [-0.2, -0.15) is 5.26 Å². The summed E-state index contributed by atoms with van der Waals surface area (Å²) in [6, 6.07) is 6.12. The molecule has 0 bridgehead atoms. The third-order valence-corrected chi connectivity index (χ3v) is 2.85. The van der Waals surface area contributed by atoms with Gasteiger partial charge in [-0.3, -0.25) is 5.32 Å². The smallest absolute Gasteiger partial charge is 0.110 e. The van der Waals surface area contributed by atoms with Crippen LogP contribution in [0.5, 0.6) is 0 Å². The molecule has 1 heterocycles. The molecule has 0 fully saturated rings. The van der Waals surface area contributed by atoms with E-state index in [1.165, 1.54) is 11.3 Å². The molecule has 1 N–H and O–H groups in total. The first-order chi connectivity index (χ1) is 6.27. The zero-order valence-corrected chi connectivity index (χ0v) is 8.19. The van der Waals surface area contributed by atoms with Crippen molar-refractivity contribution in [2.75, 3.05) is 6.54 Å². The van der Waals surface area contributed by atoms with Gasteiger partial charge in [-0.05, 0) is 19.1 Å². The fourth-order valence-electron chi connectivity index (χ4n) is 0.958. The molecule has 0 aliphatic heterocycles. The summed E-state index contributed by atoms with van der Waals surface area (Å²) in [6.07, 6.45) is 5.12. The van der Waals surface area contributed by atoms with Crippen LogP contribution in [0.3, 0.4) is 0 Å². The highest BCUT2D eigenvalue weighted by Crippen LogP contribution is 2.21. The minimum atomic E-state index is 0.225. The Morgan fingerprint density at radius 3 is 3.00 bits per heavy atom. The van der Waals surface area contributed by atoms with E-state index >= 15 is 0 Å². The summed E-state index contributed by atoms with van der Waals surface area (Å²) >= 11 is 1.50. The molecule has 0 aliphatic carbocycles. The summed E-state index contributed by atoms with van der Waals surface area (Å²) in [5, 5.41) is 11.8. The van der Waals surface area contributed by atoms with E-state index < -0.39 is 0 Å². The summed E-state index contributed by atoms with van der Waals surface area (Å²) in [6.45, 7) is 2.59. The first kappa shape index (κ1) is 9.80. The van der Waals surface area contributed by atoms with E-state index in [1.807, 2.05) is 19.1 Å². The molecule has 0 aliphatic rings. The van der Waals surface area contributed by atoms with Gasteiger partial charge in [0.2, 0.25) is 0 Å². The molecule has 0 spiro atoms.